The number of amides is 1. The lowest BCUT2D eigenvalue weighted by molar-refractivity contribution is -0.148. The van der Waals surface area contributed by atoms with Crippen LogP contribution in [0.3, 0.4) is 0 Å². The first-order valence-corrected chi connectivity index (χ1v) is 8.87. The summed E-state index contributed by atoms with van der Waals surface area (Å²) in [7, 11) is 0. The van der Waals surface area contributed by atoms with Crippen molar-refractivity contribution in [2.75, 3.05) is 6.79 Å². The second kappa shape index (κ2) is 5.36. The summed E-state index contributed by atoms with van der Waals surface area (Å²) in [6.07, 6.45) is 3.06. The molecule has 0 radical (unpaired) electrons. The predicted octanol–water partition coefficient (Wildman–Crippen LogP) is 1.73. The van der Waals surface area contributed by atoms with E-state index in [0.717, 1.165) is 11.1 Å². The van der Waals surface area contributed by atoms with Crippen LogP contribution < -0.4 is 9.47 Å². The molecule has 5 rings (SSSR count). The van der Waals surface area contributed by atoms with Gasteiger partial charge in [0, 0.05) is 6.54 Å². The Balaban J connectivity index is 1.53. The number of ether oxygens (including phenoxy) is 3. The van der Waals surface area contributed by atoms with Gasteiger partial charge in [0.1, 0.15) is 11.5 Å². The first-order valence-electron chi connectivity index (χ1n) is 8.87. The molecule has 4 aliphatic rings. The van der Waals surface area contributed by atoms with E-state index in [1.165, 1.54) is 0 Å². The highest BCUT2D eigenvalue weighted by Crippen LogP contribution is 2.56. The number of carboxylic acids is 1. The normalized spacial score (nSPS) is 35.0. The number of hydrogen-bond donors (Lipinski definition) is 1. The molecule has 0 aliphatic carbocycles. The van der Waals surface area contributed by atoms with Crippen molar-refractivity contribution in [1.29, 1.82) is 0 Å². The number of hydrogen-bond acceptors (Lipinski definition) is 5. The molecular weight excluding hydrogens is 350 g/mol. The van der Waals surface area contributed by atoms with Crippen molar-refractivity contribution in [1.82, 2.24) is 4.90 Å². The maximum Gasteiger partial charge on any atom is 0.310 e. The number of nitrogens with zero attached hydrogens (tertiary/aromatic N) is 1. The molecule has 7 nitrogen and oxygen atoms in total. The summed E-state index contributed by atoms with van der Waals surface area (Å²) in [6, 6.07) is 5.13. The van der Waals surface area contributed by atoms with E-state index >= 15 is 0 Å². The fourth-order valence-electron chi connectivity index (χ4n) is 4.96. The van der Waals surface area contributed by atoms with Crippen LogP contribution in [0, 0.1) is 11.8 Å². The fraction of sp³-hybridized carbons (Fsp3) is 0.400. The molecular formula is C20H19NO6. The predicted molar refractivity (Wildman–Crippen MR) is 93.1 cm³/mol. The van der Waals surface area contributed by atoms with Crippen LogP contribution in [0.25, 0.3) is 0 Å². The Hall–Kier alpha value is -2.80. The average Bonchev–Trinajstić information content (AvgIpc) is 3.35. The van der Waals surface area contributed by atoms with Crippen LogP contribution in [-0.2, 0) is 20.9 Å². The minimum atomic E-state index is -1.00. The summed E-state index contributed by atoms with van der Waals surface area (Å²) in [6.45, 7) is 6.41. The van der Waals surface area contributed by atoms with Gasteiger partial charge < -0.3 is 24.2 Å². The molecule has 4 aliphatic heterocycles. The van der Waals surface area contributed by atoms with Gasteiger partial charge in [0.2, 0.25) is 12.7 Å². The highest BCUT2D eigenvalue weighted by atomic mass is 16.7. The number of rotatable bonds is 4. The first-order chi connectivity index (χ1) is 12.9. The molecule has 1 spiro atoms. The molecule has 0 unspecified atom stereocenters. The summed E-state index contributed by atoms with van der Waals surface area (Å²) >= 11 is 0. The Morgan fingerprint density at radius 3 is 2.89 bits per heavy atom. The Morgan fingerprint density at radius 2 is 2.15 bits per heavy atom. The molecule has 1 aromatic carbocycles. The van der Waals surface area contributed by atoms with E-state index in [-0.39, 0.29) is 12.7 Å². The highest BCUT2D eigenvalue weighted by molar-refractivity contribution is 5.92. The lowest BCUT2D eigenvalue weighted by Crippen LogP contribution is -2.45. The average molecular weight is 369 g/mol. The van der Waals surface area contributed by atoms with Crippen molar-refractivity contribution in [3.63, 3.8) is 0 Å². The third-order valence-corrected chi connectivity index (χ3v) is 5.92. The number of benzene rings is 1. The summed E-state index contributed by atoms with van der Waals surface area (Å²) in [5.41, 5.74) is 0.691. The molecule has 27 heavy (non-hydrogen) atoms. The van der Waals surface area contributed by atoms with E-state index in [1.54, 1.807) is 11.0 Å². The standard InChI is InChI=1S/C20H19NO6/c1-10(2)17-20-6-5-13(27-20)15(19(23)24)16(20)18(22)21(17)8-11-3-4-12-14(7-11)26-9-25-12/h3-7,13,15-17H,1,8-9H2,2H3,(H,23,24)/t13-,15+,16-,17+,20-/m1/s1. The fourth-order valence-corrected chi connectivity index (χ4v) is 4.96. The number of fused-ring (bicyclic) bond motifs is 2. The minimum Gasteiger partial charge on any atom is -0.481 e. The van der Waals surface area contributed by atoms with Gasteiger partial charge in [-0.1, -0.05) is 30.4 Å². The van der Waals surface area contributed by atoms with Crippen LogP contribution in [0.1, 0.15) is 12.5 Å². The van der Waals surface area contributed by atoms with E-state index in [2.05, 4.69) is 6.58 Å². The van der Waals surface area contributed by atoms with E-state index in [9.17, 15) is 14.7 Å². The topological polar surface area (TPSA) is 85.3 Å². The zero-order chi connectivity index (χ0) is 18.9. The SMILES string of the molecule is C=C(C)[C@@H]1N(Cc2ccc3c(c2)OCO3)C(=O)[C@H]2[C@@H](C(=O)O)[C@H]3C=C[C@]12O3. The van der Waals surface area contributed by atoms with Crippen LogP contribution in [-0.4, -0.2) is 46.4 Å². The van der Waals surface area contributed by atoms with Gasteiger partial charge in [-0.15, -0.1) is 0 Å². The van der Waals surface area contributed by atoms with Crippen molar-refractivity contribution in [2.24, 2.45) is 11.8 Å². The lowest BCUT2D eigenvalue weighted by atomic mass is 9.74. The van der Waals surface area contributed by atoms with E-state index in [0.29, 0.717) is 18.0 Å². The van der Waals surface area contributed by atoms with Crippen LogP contribution >= 0.6 is 0 Å². The molecule has 1 aromatic rings. The van der Waals surface area contributed by atoms with Crippen molar-refractivity contribution in [3.8, 4) is 11.5 Å². The number of carbonyl (C=O) groups is 2. The summed E-state index contributed by atoms with van der Waals surface area (Å²) in [5.74, 6) is -1.50. The number of aliphatic carboxylic acids is 1. The van der Waals surface area contributed by atoms with Gasteiger partial charge in [0.15, 0.2) is 11.5 Å². The van der Waals surface area contributed by atoms with Gasteiger partial charge in [-0.25, -0.2) is 0 Å². The number of carbonyl (C=O) groups excluding carboxylic acids is 1. The van der Waals surface area contributed by atoms with Crippen LogP contribution in [0.2, 0.25) is 0 Å². The van der Waals surface area contributed by atoms with Crippen LogP contribution in [0.5, 0.6) is 11.5 Å². The molecule has 2 saturated heterocycles. The number of carboxylic acid groups (broad SMARTS) is 1. The Bertz CT molecular complexity index is 908. The summed E-state index contributed by atoms with van der Waals surface area (Å²) in [5, 5.41) is 9.67. The molecule has 140 valence electrons. The summed E-state index contributed by atoms with van der Waals surface area (Å²) < 4.78 is 16.8. The van der Waals surface area contributed by atoms with Crippen molar-refractivity contribution in [3.05, 3.63) is 48.1 Å². The van der Waals surface area contributed by atoms with Crippen molar-refractivity contribution < 1.29 is 28.9 Å². The van der Waals surface area contributed by atoms with E-state index in [1.807, 2.05) is 31.2 Å². The van der Waals surface area contributed by atoms with Gasteiger partial charge >= 0.3 is 5.97 Å². The smallest absolute Gasteiger partial charge is 0.310 e. The van der Waals surface area contributed by atoms with Crippen LogP contribution in [0.4, 0.5) is 0 Å². The third kappa shape index (κ3) is 2.06. The second-order valence-corrected chi connectivity index (χ2v) is 7.54. The van der Waals surface area contributed by atoms with Gasteiger partial charge in [0.25, 0.3) is 0 Å². The van der Waals surface area contributed by atoms with Gasteiger partial charge in [-0.2, -0.15) is 0 Å². The largest absolute Gasteiger partial charge is 0.481 e. The van der Waals surface area contributed by atoms with E-state index < -0.39 is 35.6 Å². The molecule has 1 N–H and O–H groups in total. The zero-order valence-corrected chi connectivity index (χ0v) is 14.8. The molecule has 5 atom stereocenters. The van der Waals surface area contributed by atoms with E-state index in [4.69, 9.17) is 14.2 Å². The molecule has 0 saturated carbocycles. The molecule has 0 aromatic heterocycles. The van der Waals surface area contributed by atoms with Gasteiger partial charge in [-0.05, 0) is 24.6 Å². The van der Waals surface area contributed by atoms with Crippen LogP contribution in [0.15, 0.2) is 42.5 Å². The maximum atomic E-state index is 13.3. The van der Waals surface area contributed by atoms with Gasteiger partial charge in [0.05, 0.1) is 18.1 Å². The maximum absolute atomic E-state index is 13.3. The van der Waals surface area contributed by atoms with Crippen molar-refractivity contribution in [2.45, 2.75) is 31.2 Å². The quantitative estimate of drug-likeness (QED) is 0.814. The molecule has 2 bridgehead atoms. The number of likely N-dealkylation sites (tertiary alicyclic amines) is 1. The second-order valence-electron chi connectivity index (χ2n) is 7.54. The summed E-state index contributed by atoms with van der Waals surface area (Å²) in [4.78, 5) is 26.8. The Morgan fingerprint density at radius 1 is 1.37 bits per heavy atom. The van der Waals surface area contributed by atoms with Crippen molar-refractivity contribution >= 4 is 11.9 Å². The lowest BCUT2D eigenvalue weighted by Gasteiger charge is -2.33. The third-order valence-electron chi connectivity index (χ3n) is 5.92. The Kier molecular flexibility index (Phi) is 3.25. The molecule has 4 heterocycles. The molecule has 2 fully saturated rings. The molecule has 1 amide bonds. The Labute approximate surface area is 155 Å². The van der Waals surface area contributed by atoms with Gasteiger partial charge in [-0.3, -0.25) is 9.59 Å². The monoisotopic (exact) mass is 369 g/mol. The molecule has 7 heteroatoms. The first kappa shape index (κ1) is 16.4. The zero-order valence-electron chi connectivity index (χ0n) is 14.8. The highest BCUT2D eigenvalue weighted by Gasteiger charge is 2.71. The minimum absolute atomic E-state index is 0.182.